The maximum Gasteiger partial charge on any atom is 0.327 e. The monoisotopic (exact) mass is 357 g/mol. The molecule has 3 fully saturated rings. The van der Waals surface area contributed by atoms with Crippen LogP contribution < -0.4 is 5.32 Å². The Labute approximate surface area is 141 Å². The van der Waals surface area contributed by atoms with Gasteiger partial charge in [0.1, 0.15) is 12.1 Å². The van der Waals surface area contributed by atoms with Gasteiger partial charge in [0.05, 0.1) is 11.5 Å². The summed E-state index contributed by atoms with van der Waals surface area (Å²) in [5.74, 6) is -0.806. The maximum atomic E-state index is 12.8. The summed E-state index contributed by atoms with van der Waals surface area (Å²) in [5, 5.41) is 2.63. The molecule has 1 N–H and O–H groups in total. The lowest BCUT2D eigenvalue weighted by atomic mass is 9.81. The molecule has 1 saturated carbocycles. The van der Waals surface area contributed by atoms with Gasteiger partial charge in [-0.05, 0) is 19.3 Å². The number of carbonyl (C=O) groups excluding carboxylic acids is 3. The average Bonchev–Trinajstić information content (AvgIpc) is 2.95. The Morgan fingerprint density at radius 3 is 2.50 bits per heavy atom. The highest BCUT2D eigenvalue weighted by atomic mass is 32.2. The molecule has 3 aliphatic rings. The Kier molecular flexibility index (Phi) is 4.31. The Morgan fingerprint density at radius 1 is 1.25 bits per heavy atom. The van der Waals surface area contributed by atoms with E-state index in [0.29, 0.717) is 19.3 Å². The van der Waals surface area contributed by atoms with Crippen molar-refractivity contribution in [2.24, 2.45) is 0 Å². The van der Waals surface area contributed by atoms with Gasteiger partial charge < -0.3 is 10.2 Å². The van der Waals surface area contributed by atoms with Crippen molar-refractivity contribution in [3.8, 4) is 0 Å². The molecule has 8 nitrogen and oxygen atoms in total. The second-order valence-electron chi connectivity index (χ2n) is 6.99. The van der Waals surface area contributed by atoms with Crippen LogP contribution in [-0.2, 0) is 19.4 Å². The maximum absolute atomic E-state index is 12.8. The van der Waals surface area contributed by atoms with E-state index in [1.807, 2.05) is 0 Å². The molecular formula is C15H23N3O5S. The fraction of sp³-hybridized carbons (Fsp3) is 0.800. The predicted molar refractivity (Wildman–Crippen MR) is 85.9 cm³/mol. The second kappa shape index (κ2) is 6.02. The van der Waals surface area contributed by atoms with E-state index >= 15 is 0 Å². The number of amides is 4. The molecular weight excluding hydrogens is 334 g/mol. The van der Waals surface area contributed by atoms with Crippen molar-refractivity contribution in [3.63, 3.8) is 0 Å². The van der Waals surface area contributed by atoms with Gasteiger partial charge in [0.15, 0.2) is 9.84 Å². The lowest BCUT2D eigenvalue weighted by Crippen LogP contribution is -2.50. The molecule has 2 heterocycles. The summed E-state index contributed by atoms with van der Waals surface area (Å²) in [5.41, 5.74) is -0.799. The normalized spacial score (nSPS) is 28.6. The number of nitrogens with zero attached hydrogens (tertiary/aromatic N) is 2. The standard InChI is InChI=1S/C15H23N3O5S/c1-17-14(21)18(13(20)15(17)6-3-2-4-7-15)9-12(19)16-11-5-8-24(22,23)10-11/h11H,2-10H2,1H3,(H,16,19)/t11-/m1/s1. The molecule has 0 aromatic rings. The number of sulfone groups is 1. The number of likely N-dealkylation sites (N-methyl/N-ethyl adjacent to an activating group) is 1. The molecule has 134 valence electrons. The van der Waals surface area contributed by atoms with Gasteiger partial charge in [0, 0.05) is 13.1 Å². The van der Waals surface area contributed by atoms with Crippen LogP contribution in [0.2, 0.25) is 0 Å². The van der Waals surface area contributed by atoms with Crippen molar-refractivity contribution in [2.45, 2.75) is 50.1 Å². The summed E-state index contributed by atoms with van der Waals surface area (Å²) in [6.45, 7) is -0.347. The van der Waals surface area contributed by atoms with Crippen molar-refractivity contribution in [2.75, 3.05) is 25.1 Å². The minimum absolute atomic E-state index is 0.0609. The molecule has 0 unspecified atom stereocenters. The summed E-state index contributed by atoms with van der Waals surface area (Å²) in [6.07, 6.45) is 4.47. The highest BCUT2D eigenvalue weighted by Crippen LogP contribution is 2.39. The Bertz CT molecular complexity index is 669. The molecule has 2 aliphatic heterocycles. The third-order valence-electron chi connectivity index (χ3n) is 5.38. The van der Waals surface area contributed by atoms with Gasteiger partial charge in [0.2, 0.25) is 5.91 Å². The molecule has 1 spiro atoms. The first kappa shape index (κ1) is 17.2. The predicted octanol–water partition coefficient (Wildman–Crippen LogP) is -0.113. The molecule has 0 aromatic heterocycles. The lowest BCUT2D eigenvalue weighted by molar-refractivity contribution is -0.137. The summed E-state index contributed by atoms with van der Waals surface area (Å²) in [4.78, 5) is 39.8. The van der Waals surface area contributed by atoms with E-state index in [0.717, 1.165) is 24.2 Å². The third-order valence-corrected chi connectivity index (χ3v) is 7.15. The smallest absolute Gasteiger partial charge is 0.327 e. The Balaban J connectivity index is 1.65. The topological polar surface area (TPSA) is 104 Å². The van der Waals surface area contributed by atoms with E-state index in [1.54, 1.807) is 7.05 Å². The van der Waals surface area contributed by atoms with E-state index in [9.17, 15) is 22.8 Å². The van der Waals surface area contributed by atoms with Crippen LogP contribution in [-0.4, -0.2) is 72.7 Å². The Morgan fingerprint density at radius 2 is 1.92 bits per heavy atom. The minimum Gasteiger partial charge on any atom is -0.351 e. The molecule has 24 heavy (non-hydrogen) atoms. The molecule has 2 saturated heterocycles. The summed E-state index contributed by atoms with van der Waals surface area (Å²) < 4.78 is 22.9. The minimum atomic E-state index is -3.09. The van der Waals surface area contributed by atoms with Crippen molar-refractivity contribution < 1.29 is 22.8 Å². The molecule has 1 atom stereocenters. The van der Waals surface area contributed by atoms with Crippen LogP contribution >= 0.6 is 0 Å². The molecule has 1 aliphatic carbocycles. The molecule has 0 bridgehead atoms. The van der Waals surface area contributed by atoms with Gasteiger partial charge in [-0.25, -0.2) is 13.2 Å². The molecule has 0 aromatic carbocycles. The summed E-state index contributed by atoms with van der Waals surface area (Å²) in [7, 11) is -1.47. The first-order chi connectivity index (χ1) is 11.3. The first-order valence-electron chi connectivity index (χ1n) is 8.35. The number of hydrogen-bond acceptors (Lipinski definition) is 5. The third kappa shape index (κ3) is 2.89. The molecule has 3 rings (SSSR count). The fourth-order valence-electron chi connectivity index (χ4n) is 4.00. The van der Waals surface area contributed by atoms with Crippen LogP contribution in [0.1, 0.15) is 38.5 Å². The van der Waals surface area contributed by atoms with E-state index in [2.05, 4.69) is 5.32 Å². The number of rotatable bonds is 3. The van der Waals surface area contributed by atoms with Crippen molar-refractivity contribution in [1.29, 1.82) is 0 Å². The van der Waals surface area contributed by atoms with E-state index in [-0.39, 0.29) is 24.0 Å². The van der Waals surface area contributed by atoms with Crippen LogP contribution in [0.4, 0.5) is 4.79 Å². The average molecular weight is 357 g/mol. The number of carbonyl (C=O) groups is 3. The first-order valence-corrected chi connectivity index (χ1v) is 10.2. The van der Waals surface area contributed by atoms with Crippen LogP contribution in [0.5, 0.6) is 0 Å². The van der Waals surface area contributed by atoms with E-state index in [1.165, 1.54) is 4.90 Å². The summed E-state index contributed by atoms with van der Waals surface area (Å²) in [6, 6.07) is -0.882. The lowest BCUT2D eigenvalue weighted by Gasteiger charge is -2.35. The van der Waals surface area contributed by atoms with Gasteiger partial charge in [-0.2, -0.15) is 0 Å². The second-order valence-corrected chi connectivity index (χ2v) is 9.22. The fourth-order valence-corrected chi connectivity index (χ4v) is 5.67. The van der Waals surface area contributed by atoms with Gasteiger partial charge in [-0.15, -0.1) is 0 Å². The number of imide groups is 1. The SMILES string of the molecule is CN1C(=O)N(CC(=O)N[C@@H]2CCS(=O)(=O)C2)C(=O)C12CCCCC2. The van der Waals surface area contributed by atoms with Gasteiger partial charge in [-0.1, -0.05) is 19.3 Å². The number of urea groups is 1. The van der Waals surface area contributed by atoms with Crippen molar-refractivity contribution >= 4 is 27.7 Å². The zero-order valence-corrected chi connectivity index (χ0v) is 14.6. The van der Waals surface area contributed by atoms with E-state index < -0.39 is 33.4 Å². The highest BCUT2D eigenvalue weighted by molar-refractivity contribution is 7.91. The highest BCUT2D eigenvalue weighted by Gasteiger charge is 2.55. The zero-order chi connectivity index (χ0) is 17.5. The summed E-state index contributed by atoms with van der Waals surface area (Å²) >= 11 is 0. The number of hydrogen-bond donors (Lipinski definition) is 1. The number of nitrogens with one attached hydrogen (secondary N) is 1. The van der Waals surface area contributed by atoms with Gasteiger partial charge >= 0.3 is 6.03 Å². The van der Waals surface area contributed by atoms with Gasteiger partial charge in [-0.3, -0.25) is 14.5 Å². The van der Waals surface area contributed by atoms with E-state index in [4.69, 9.17) is 0 Å². The van der Waals surface area contributed by atoms with Crippen molar-refractivity contribution in [3.05, 3.63) is 0 Å². The largest absolute Gasteiger partial charge is 0.351 e. The molecule has 0 radical (unpaired) electrons. The van der Waals surface area contributed by atoms with Crippen LogP contribution in [0.25, 0.3) is 0 Å². The van der Waals surface area contributed by atoms with Crippen molar-refractivity contribution in [1.82, 2.24) is 15.1 Å². The van der Waals surface area contributed by atoms with Gasteiger partial charge in [0.25, 0.3) is 5.91 Å². The Hall–Kier alpha value is -1.64. The molecule has 9 heteroatoms. The van der Waals surface area contributed by atoms with Crippen LogP contribution in [0.15, 0.2) is 0 Å². The van der Waals surface area contributed by atoms with Crippen LogP contribution in [0.3, 0.4) is 0 Å². The van der Waals surface area contributed by atoms with Crippen LogP contribution in [0, 0.1) is 0 Å². The zero-order valence-electron chi connectivity index (χ0n) is 13.8. The quantitative estimate of drug-likeness (QED) is 0.710. The molecule has 4 amide bonds.